The van der Waals surface area contributed by atoms with E-state index in [9.17, 15) is 9.59 Å². The first-order valence-electron chi connectivity index (χ1n) is 6.77. The molecule has 0 spiro atoms. The van der Waals surface area contributed by atoms with Gasteiger partial charge in [0, 0.05) is 26.6 Å². The van der Waals surface area contributed by atoms with Crippen LogP contribution in [0.2, 0.25) is 0 Å². The molecule has 0 bridgehead atoms. The standard InChI is InChI=1S/C13H23N3O3/c1-14(2)9-13(18)15-5-4-10-11(15)8-12(17)16(10)6-7-19-3/h10-11H,4-9H2,1-3H3/t10-,11+/m0/s1. The fourth-order valence-electron chi connectivity index (χ4n) is 3.08. The molecule has 0 N–H and O–H groups in total. The smallest absolute Gasteiger partial charge is 0.237 e. The maximum absolute atomic E-state index is 12.2. The molecule has 0 saturated carbocycles. The van der Waals surface area contributed by atoms with Crippen LogP contribution in [0, 0.1) is 0 Å². The maximum Gasteiger partial charge on any atom is 0.237 e. The van der Waals surface area contributed by atoms with Crippen molar-refractivity contribution < 1.29 is 14.3 Å². The number of nitrogens with zero attached hydrogens (tertiary/aromatic N) is 3. The van der Waals surface area contributed by atoms with Gasteiger partial charge in [0.2, 0.25) is 11.8 Å². The molecule has 19 heavy (non-hydrogen) atoms. The first kappa shape index (κ1) is 14.3. The maximum atomic E-state index is 12.2. The Morgan fingerprint density at radius 1 is 1.42 bits per heavy atom. The van der Waals surface area contributed by atoms with Crippen molar-refractivity contribution in [2.45, 2.75) is 24.9 Å². The Labute approximate surface area is 114 Å². The fourth-order valence-corrected chi connectivity index (χ4v) is 3.08. The van der Waals surface area contributed by atoms with Crippen molar-refractivity contribution in [1.29, 1.82) is 0 Å². The molecule has 2 atom stereocenters. The van der Waals surface area contributed by atoms with Crippen molar-refractivity contribution in [3.8, 4) is 0 Å². The number of rotatable bonds is 5. The summed E-state index contributed by atoms with van der Waals surface area (Å²) in [6.07, 6.45) is 1.35. The molecule has 6 nitrogen and oxygen atoms in total. The summed E-state index contributed by atoms with van der Waals surface area (Å²) in [6, 6.07) is 0.255. The molecule has 2 aliphatic heterocycles. The van der Waals surface area contributed by atoms with Gasteiger partial charge in [0.1, 0.15) is 0 Å². The Hall–Kier alpha value is -1.14. The van der Waals surface area contributed by atoms with Crippen LogP contribution < -0.4 is 0 Å². The Morgan fingerprint density at radius 3 is 2.79 bits per heavy atom. The Kier molecular flexibility index (Phi) is 4.42. The van der Waals surface area contributed by atoms with Gasteiger partial charge in [-0.15, -0.1) is 0 Å². The van der Waals surface area contributed by atoms with E-state index in [0.717, 1.165) is 13.0 Å². The fraction of sp³-hybridized carbons (Fsp3) is 0.846. The number of carbonyl (C=O) groups is 2. The van der Waals surface area contributed by atoms with Crippen LogP contribution in [-0.2, 0) is 14.3 Å². The summed E-state index contributed by atoms with van der Waals surface area (Å²) < 4.78 is 5.05. The van der Waals surface area contributed by atoms with Gasteiger partial charge >= 0.3 is 0 Å². The third kappa shape index (κ3) is 2.90. The van der Waals surface area contributed by atoms with Crippen molar-refractivity contribution in [2.24, 2.45) is 0 Å². The van der Waals surface area contributed by atoms with Crippen LogP contribution in [0.15, 0.2) is 0 Å². The van der Waals surface area contributed by atoms with Crippen LogP contribution in [0.4, 0.5) is 0 Å². The van der Waals surface area contributed by atoms with Crippen LogP contribution in [0.3, 0.4) is 0 Å². The van der Waals surface area contributed by atoms with Gasteiger partial charge < -0.3 is 19.4 Å². The highest BCUT2D eigenvalue weighted by Crippen LogP contribution is 2.32. The number of amides is 2. The first-order valence-corrected chi connectivity index (χ1v) is 6.77. The molecule has 2 rings (SSSR count). The molecule has 0 unspecified atom stereocenters. The highest BCUT2D eigenvalue weighted by Gasteiger charge is 2.47. The van der Waals surface area contributed by atoms with Crippen molar-refractivity contribution in [2.75, 3.05) is 47.4 Å². The average molecular weight is 269 g/mol. The van der Waals surface area contributed by atoms with E-state index >= 15 is 0 Å². The second-order valence-corrected chi connectivity index (χ2v) is 5.53. The largest absolute Gasteiger partial charge is 0.383 e. The van der Waals surface area contributed by atoms with E-state index in [2.05, 4.69) is 0 Å². The second kappa shape index (κ2) is 5.88. The van der Waals surface area contributed by atoms with Gasteiger partial charge in [-0.3, -0.25) is 9.59 Å². The summed E-state index contributed by atoms with van der Waals surface area (Å²) in [5, 5.41) is 0. The number of likely N-dealkylation sites (tertiary alicyclic amines) is 2. The Balaban J connectivity index is 1.99. The van der Waals surface area contributed by atoms with Crippen LogP contribution in [-0.4, -0.2) is 86.0 Å². The quantitative estimate of drug-likeness (QED) is 0.668. The van der Waals surface area contributed by atoms with E-state index in [1.807, 2.05) is 28.8 Å². The highest BCUT2D eigenvalue weighted by molar-refractivity contribution is 5.84. The van der Waals surface area contributed by atoms with Gasteiger partial charge in [-0.05, 0) is 20.5 Å². The average Bonchev–Trinajstić information content (AvgIpc) is 2.84. The van der Waals surface area contributed by atoms with E-state index in [1.165, 1.54) is 0 Å². The van der Waals surface area contributed by atoms with Gasteiger partial charge in [0.15, 0.2) is 0 Å². The topological polar surface area (TPSA) is 53.1 Å². The predicted octanol–water partition coefficient (Wildman–Crippen LogP) is -0.604. The number of methoxy groups -OCH3 is 1. The SMILES string of the molecule is COCCN1C(=O)C[C@@H]2[C@@H]1CCN2C(=O)CN(C)C. The first-order chi connectivity index (χ1) is 9.04. The third-order valence-corrected chi connectivity index (χ3v) is 3.92. The molecule has 0 aliphatic carbocycles. The number of carbonyl (C=O) groups excluding carboxylic acids is 2. The molecule has 2 amide bonds. The van der Waals surface area contributed by atoms with Crippen LogP contribution in [0.1, 0.15) is 12.8 Å². The summed E-state index contributed by atoms with van der Waals surface area (Å²) in [6.45, 7) is 2.36. The van der Waals surface area contributed by atoms with E-state index in [4.69, 9.17) is 4.74 Å². The van der Waals surface area contributed by atoms with Crippen LogP contribution in [0.25, 0.3) is 0 Å². The molecular formula is C13H23N3O3. The summed E-state index contributed by atoms with van der Waals surface area (Å²) >= 11 is 0. The van der Waals surface area contributed by atoms with E-state index in [-0.39, 0.29) is 23.9 Å². The van der Waals surface area contributed by atoms with E-state index < -0.39 is 0 Å². The summed E-state index contributed by atoms with van der Waals surface area (Å²) in [7, 11) is 5.41. The zero-order valence-electron chi connectivity index (χ0n) is 12.0. The molecular weight excluding hydrogens is 246 g/mol. The monoisotopic (exact) mass is 269 g/mol. The number of ether oxygens (including phenoxy) is 1. The molecule has 2 saturated heterocycles. The second-order valence-electron chi connectivity index (χ2n) is 5.53. The molecule has 0 radical (unpaired) electrons. The Morgan fingerprint density at radius 2 is 2.16 bits per heavy atom. The zero-order valence-corrected chi connectivity index (χ0v) is 12.0. The number of likely N-dealkylation sites (N-methyl/N-ethyl adjacent to an activating group) is 1. The minimum Gasteiger partial charge on any atom is -0.383 e. The lowest BCUT2D eigenvalue weighted by atomic mass is 10.1. The van der Waals surface area contributed by atoms with Crippen LogP contribution in [0.5, 0.6) is 0 Å². The number of fused-ring (bicyclic) bond motifs is 1. The minimum atomic E-state index is 0.0665. The zero-order chi connectivity index (χ0) is 14.0. The molecule has 2 fully saturated rings. The minimum absolute atomic E-state index is 0.0665. The van der Waals surface area contributed by atoms with Gasteiger partial charge in [-0.2, -0.15) is 0 Å². The molecule has 0 aromatic carbocycles. The highest BCUT2D eigenvalue weighted by atomic mass is 16.5. The van der Waals surface area contributed by atoms with Crippen molar-refractivity contribution in [3.63, 3.8) is 0 Å². The molecule has 108 valence electrons. The normalized spacial score (nSPS) is 26.4. The summed E-state index contributed by atoms with van der Waals surface area (Å²) in [5.41, 5.74) is 0. The molecule has 2 aliphatic rings. The summed E-state index contributed by atoms with van der Waals surface area (Å²) in [5.74, 6) is 0.272. The lowest BCUT2D eigenvalue weighted by Crippen LogP contribution is -2.43. The van der Waals surface area contributed by atoms with Gasteiger partial charge in [0.05, 0.1) is 25.2 Å². The van der Waals surface area contributed by atoms with Gasteiger partial charge in [0.25, 0.3) is 0 Å². The molecule has 0 aromatic rings. The number of hydrogen-bond donors (Lipinski definition) is 0. The van der Waals surface area contributed by atoms with Gasteiger partial charge in [-0.25, -0.2) is 0 Å². The van der Waals surface area contributed by atoms with Crippen molar-refractivity contribution in [3.05, 3.63) is 0 Å². The summed E-state index contributed by atoms with van der Waals surface area (Å²) in [4.78, 5) is 29.8. The molecule has 0 aromatic heterocycles. The van der Waals surface area contributed by atoms with Crippen molar-refractivity contribution >= 4 is 11.8 Å². The number of hydrogen-bond acceptors (Lipinski definition) is 4. The molecule has 2 heterocycles. The lowest BCUT2D eigenvalue weighted by Gasteiger charge is -2.26. The Bertz CT molecular complexity index is 359. The van der Waals surface area contributed by atoms with Crippen molar-refractivity contribution in [1.82, 2.24) is 14.7 Å². The third-order valence-electron chi connectivity index (χ3n) is 3.92. The lowest BCUT2D eigenvalue weighted by molar-refractivity contribution is -0.132. The molecule has 6 heteroatoms. The van der Waals surface area contributed by atoms with E-state index in [1.54, 1.807) is 7.11 Å². The van der Waals surface area contributed by atoms with Gasteiger partial charge in [-0.1, -0.05) is 0 Å². The van der Waals surface area contributed by atoms with Crippen LogP contribution >= 0.6 is 0 Å². The predicted molar refractivity (Wildman–Crippen MR) is 70.7 cm³/mol. The van der Waals surface area contributed by atoms with E-state index in [0.29, 0.717) is 26.1 Å².